The molecule has 1 saturated heterocycles. The van der Waals surface area contributed by atoms with Gasteiger partial charge in [0.25, 0.3) is 0 Å². The van der Waals surface area contributed by atoms with E-state index in [4.69, 9.17) is 5.73 Å². The lowest BCUT2D eigenvalue weighted by molar-refractivity contribution is 0.256. The molecule has 3 rings (SSSR count). The molecule has 2 aromatic carbocycles. The van der Waals surface area contributed by atoms with Crippen LogP contribution in [0.15, 0.2) is 36.4 Å². The van der Waals surface area contributed by atoms with Gasteiger partial charge in [-0.25, -0.2) is 0 Å². The highest BCUT2D eigenvalue weighted by molar-refractivity contribution is 5.95. The molecule has 0 unspecified atom stereocenters. The van der Waals surface area contributed by atoms with Crippen molar-refractivity contribution in [2.45, 2.75) is 18.8 Å². The van der Waals surface area contributed by atoms with Crippen molar-refractivity contribution in [2.24, 2.45) is 0 Å². The van der Waals surface area contributed by atoms with E-state index in [0.717, 1.165) is 5.69 Å². The Balaban J connectivity index is 2.04. The Bertz CT molecular complexity index is 554. The van der Waals surface area contributed by atoms with Gasteiger partial charge in [-0.15, -0.1) is 0 Å². The van der Waals surface area contributed by atoms with Gasteiger partial charge in [0.05, 0.1) is 0 Å². The zero-order valence-electron chi connectivity index (χ0n) is 10.9. The predicted molar refractivity (Wildman–Crippen MR) is 77.8 cm³/mol. The number of likely N-dealkylation sites (tertiary alicyclic amines) is 1. The van der Waals surface area contributed by atoms with E-state index in [9.17, 15) is 0 Å². The molecule has 0 spiro atoms. The fourth-order valence-corrected chi connectivity index (χ4v) is 3.02. The zero-order chi connectivity index (χ0) is 12.5. The van der Waals surface area contributed by atoms with Crippen LogP contribution in [-0.2, 0) is 0 Å². The molecule has 1 heterocycles. The summed E-state index contributed by atoms with van der Waals surface area (Å²) in [5.74, 6) is 0.687. The Morgan fingerprint density at radius 3 is 2.39 bits per heavy atom. The minimum absolute atomic E-state index is 0.687. The molecule has 0 bridgehead atoms. The quantitative estimate of drug-likeness (QED) is 0.775. The Hall–Kier alpha value is -1.54. The van der Waals surface area contributed by atoms with Gasteiger partial charge in [0, 0.05) is 11.1 Å². The first-order valence-electron chi connectivity index (χ1n) is 6.71. The molecule has 0 radical (unpaired) electrons. The summed E-state index contributed by atoms with van der Waals surface area (Å²) in [4.78, 5) is 2.41. The lowest BCUT2D eigenvalue weighted by atomic mass is 9.86. The highest BCUT2D eigenvalue weighted by atomic mass is 15.1. The summed E-state index contributed by atoms with van der Waals surface area (Å²) >= 11 is 0. The van der Waals surface area contributed by atoms with E-state index < -0.39 is 0 Å². The second-order valence-electron chi connectivity index (χ2n) is 5.37. The second-order valence-corrected chi connectivity index (χ2v) is 5.37. The number of hydrogen-bond donors (Lipinski definition) is 1. The molecule has 0 saturated carbocycles. The van der Waals surface area contributed by atoms with Gasteiger partial charge in [-0.05, 0) is 55.9 Å². The average molecular weight is 240 g/mol. The van der Waals surface area contributed by atoms with Crippen LogP contribution >= 0.6 is 0 Å². The Morgan fingerprint density at radius 2 is 1.67 bits per heavy atom. The standard InChI is InChI=1S/C16H20N2/c1-18-10-8-12(9-11-18)13-6-7-16(17)15-5-3-2-4-14(13)15/h2-7,12H,8-11,17H2,1H3. The van der Waals surface area contributed by atoms with E-state index in [0.29, 0.717) is 5.92 Å². The Labute approximate surface area is 108 Å². The minimum atomic E-state index is 0.687. The van der Waals surface area contributed by atoms with Crippen molar-refractivity contribution >= 4 is 16.5 Å². The van der Waals surface area contributed by atoms with Gasteiger partial charge < -0.3 is 10.6 Å². The van der Waals surface area contributed by atoms with Crippen LogP contribution in [0.2, 0.25) is 0 Å². The number of fused-ring (bicyclic) bond motifs is 1. The van der Waals surface area contributed by atoms with Crippen molar-refractivity contribution in [3.63, 3.8) is 0 Å². The maximum atomic E-state index is 6.07. The summed E-state index contributed by atoms with van der Waals surface area (Å²) in [5, 5.41) is 2.54. The molecule has 0 aliphatic carbocycles. The second kappa shape index (κ2) is 4.62. The molecule has 1 aliphatic heterocycles. The topological polar surface area (TPSA) is 29.3 Å². The number of hydrogen-bond acceptors (Lipinski definition) is 2. The van der Waals surface area contributed by atoms with E-state index in [1.807, 2.05) is 0 Å². The lowest BCUT2D eigenvalue weighted by Gasteiger charge is -2.30. The summed E-state index contributed by atoms with van der Waals surface area (Å²) in [6.45, 7) is 2.40. The smallest absolute Gasteiger partial charge is 0.0393 e. The summed E-state index contributed by atoms with van der Waals surface area (Å²) in [6, 6.07) is 12.8. The van der Waals surface area contributed by atoms with Crippen LogP contribution in [0, 0.1) is 0 Å². The van der Waals surface area contributed by atoms with Gasteiger partial charge in [-0.1, -0.05) is 30.3 Å². The predicted octanol–water partition coefficient (Wildman–Crippen LogP) is 3.23. The highest BCUT2D eigenvalue weighted by Crippen LogP contribution is 2.34. The number of rotatable bonds is 1. The molecule has 0 amide bonds. The van der Waals surface area contributed by atoms with E-state index in [2.05, 4.69) is 48.3 Å². The number of anilines is 1. The van der Waals surface area contributed by atoms with E-state index in [1.54, 1.807) is 0 Å². The van der Waals surface area contributed by atoms with E-state index in [-0.39, 0.29) is 0 Å². The average Bonchev–Trinajstić information content (AvgIpc) is 2.41. The molecule has 1 fully saturated rings. The normalized spacial score (nSPS) is 18.3. The molecular weight excluding hydrogens is 220 g/mol. The molecule has 2 N–H and O–H groups in total. The van der Waals surface area contributed by atoms with Crippen LogP contribution in [-0.4, -0.2) is 25.0 Å². The van der Waals surface area contributed by atoms with Crippen LogP contribution in [0.25, 0.3) is 10.8 Å². The Morgan fingerprint density at radius 1 is 1.00 bits per heavy atom. The Kier molecular flexibility index (Phi) is 2.96. The summed E-state index contributed by atoms with van der Waals surface area (Å²) in [5.41, 5.74) is 8.44. The first-order valence-corrected chi connectivity index (χ1v) is 6.71. The zero-order valence-corrected chi connectivity index (χ0v) is 10.9. The molecule has 2 heteroatoms. The van der Waals surface area contributed by atoms with Crippen LogP contribution in [0.1, 0.15) is 24.3 Å². The van der Waals surface area contributed by atoms with Crippen molar-refractivity contribution in [3.8, 4) is 0 Å². The van der Waals surface area contributed by atoms with Crippen LogP contribution in [0.5, 0.6) is 0 Å². The summed E-state index contributed by atoms with van der Waals surface area (Å²) < 4.78 is 0. The molecule has 94 valence electrons. The molecule has 0 atom stereocenters. The number of nitrogen functional groups attached to an aromatic ring is 1. The third-order valence-electron chi connectivity index (χ3n) is 4.15. The van der Waals surface area contributed by atoms with Gasteiger partial charge in [0.1, 0.15) is 0 Å². The molecule has 2 aromatic rings. The van der Waals surface area contributed by atoms with Crippen LogP contribution in [0.3, 0.4) is 0 Å². The van der Waals surface area contributed by atoms with Gasteiger partial charge in [0.2, 0.25) is 0 Å². The van der Waals surface area contributed by atoms with Gasteiger partial charge >= 0.3 is 0 Å². The van der Waals surface area contributed by atoms with E-state index in [1.165, 1.54) is 42.3 Å². The monoisotopic (exact) mass is 240 g/mol. The third-order valence-corrected chi connectivity index (χ3v) is 4.15. The first-order chi connectivity index (χ1) is 8.75. The van der Waals surface area contributed by atoms with Crippen molar-refractivity contribution in [2.75, 3.05) is 25.9 Å². The van der Waals surface area contributed by atoms with Crippen molar-refractivity contribution in [1.82, 2.24) is 4.90 Å². The summed E-state index contributed by atoms with van der Waals surface area (Å²) in [7, 11) is 2.21. The maximum absolute atomic E-state index is 6.07. The molecule has 0 aromatic heterocycles. The number of nitrogens with zero attached hydrogens (tertiary/aromatic N) is 1. The van der Waals surface area contributed by atoms with E-state index >= 15 is 0 Å². The van der Waals surface area contributed by atoms with Gasteiger partial charge in [0.15, 0.2) is 0 Å². The largest absolute Gasteiger partial charge is 0.398 e. The highest BCUT2D eigenvalue weighted by Gasteiger charge is 2.20. The third kappa shape index (κ3) is 1.97. The minimum Gasteiger partial charge on any atom is -0.398 e. The fraction of sp³-hybridized carbons (Fsp3) is 0.375. The SMILES string of the molecule is CN1CCC(c2ccc(N)c3ccccc23)CC1. The first kappa shape index (κ1) is 11.5. The maximum Gasteiger partial charge on any atom is 0.0393 e. The van der Waals surface area contributed by atoms with Crippen LogP contribution < -0.4 is 5.73 Å². The van der Waals surface area contributed by atoms with Crippen molar-refractivity contribution < 1.29 is 0 Å². The molecule has 1 aliphatic rings. The fourth-order valence-electron chi connectivity index (χ4n) is 3.02. The summed E-state index contributed by atoms with van der Waals surface area (Å²) in [6.07, 6.45) is 2.51. The molecule has 2 nitrogen and oxygen atoms in total. The lowest BCUT2D eigenvalue weighted by Crippen LogP contribution is -2.29. The molecular formula is C16H20N2. The van der Waals surface area contributed by atoms with Crippen molar-refractivity contribution in [3.05, 3.63) is 42.0 Å². The number of nitrogens with two attached hydrogens (primary N) is 1. The van der Waals surface area contributed by atoms with Crippen LogP contribution in [0.4, 0.5) is 5.69 Å². The van der Waals surface area contributed by atoms with Gasteiger partial charge in [-0.3, -0.25) is 0 Å². The van der Waals surface area contributed by atoms with Gasteiger partial charge in [-0.2, -0.15) is 0 Å². The number of benzene rings is 2. The number of piperidine rings is 1. The van der Waals surface area contributed by atoms with Crippen molar-refractivity contribution in [1.29, 1.82) is 0 Å². The molecule has 18 heavy (non-hydrogen) atoms.